The normalized spacial score (nSPS) is 28.4. The summed E-state index contributed by atoms with van der Waals surface area (Å²) in [6, 6.07) is 2.71. The second-order valence-electron chi connectivity index (χ2n) is 3.15. The van der Waals surface area contributed by atoms with Gasteiger partial charge in [-0.3, -0.25) is 4.68 Å². The maximum Gasteiger partial charge on any atom is 0.0670 e. The number of aromatic nitrogens is 2. The van der Waals surface area contributed by atoms with Gasteiger partial charge in [-0.1, -0.05) is 0 Å². The van der Waals surface area contributed by atoms with Crippen LogP contribution in [0.5, 0.6) is 0 Å². The first-order chi connectivity index (χ1) is 5.38. The molecule has 1 saturated carbocycles. The third-order valence-electron chi connectivity index (χ3n) is 2.40. The average molecular weight is 188 g/mol. The number of nitrogens with zero attached hydrogens (tertiary/aromatic N) is 2. The van der Waals surface area contributed by atoms with E-state index < -0.39 is 0 Å². The smallest absolute Gasteiger partial charge is 0.0670 e. The highest BCUT2D eigenvalue weighted by Crippen LogP contribution is 2.27. The summed E-state index contributed by atoms with van der Waals surface area (Å²) in [6.45, 7) is 0. The number of nitrogens with two attached hydrogens (primary N) is 1. The van der Waals surface area contributed by atoms with Gasteiger partial charge in [0, 0.05) is 18.4 Å². The molecule has 1 aromatic rings. The summed E-state index contributed by atoms with van der Waals surface area (Å²) in [5.74, 6) is 0. The Morgan fingerprint density at radius 3 is 2.75 bits per heavy atom. The van der Waals surface area contributed by atoms with E-state index in [0.29, 0.717) is 12.1 Å². The topological polar surface area (TPSA) is 43.8 Å². The fourth-order valence-electron chi connectivity index (χ4n) is 1.77. The van der Waals surface area contributed by atoms with E-state index in [1.807, 2.05) is 23.1 Å². The van der Waals surface area contributed by atoms with Crippen LogP contribution in [0.3, 0.4) is 0 Å². The molecule has 0 radical (unpaired) electrons. The van der Waals surface area contributed by atoms with Crippen molar-refractivity contribution in [1.29, 1.82) is 0 Å². The molecule has 1 fully saturated rings. The third-order valence-corrected chi connectivity index (χ3v) is 2.40. The maximum absolute atomic E-state index is 5.91. The first-order valence-electron chi connectivity index (χ1n) is 4.12. The monoisotopic (exact) mass is 187 g/mol. The molecule has 0 bridgehead atoms. The fraction of sp³-hybridized carbons (Fsp3) is 0.625. The molecule has 0 aliphatic heterocycles. The number of halogens is 1. The van der Waals surface area contributed by atoms with Crippen LogP contribution in [0.15, 0.2) is 18.5 Å². The first kappa shape index (κ1) is 9.55. The van der Waals surface area contributed by atoms with Crippen molar-refractivity contribution in [3.8, 4) is 0 Å². The highest BCUT2D eigenvalue weighted by molar-refractivity contribution is 5.85. The molecule has 4 heteroatoms. The molecule has 1 heterocycles. The molecule has 1 aliphatic carbocycles. The highest BCUT2D eigenvalue weighted by Gasteiger charge is 2.25. The van der Waals surface area contributed by atoms with Crippen LogP contribution < -0.4 is 5.73 Å². The number of hydrogen-bond acceptors (Lipinski definition) is 2. The van der Waals surface area contributed by atoms with Crippen LogP contribution in [0.25, 0.3) is 0 Å². The Hall–Kier alpha value is -0.540. The van der Waals surface area contributed by atoms with E-state index in [0.717, 1.165) is 6.42 Å². The van der Waals surface area contributed by atoms with Gasteiger partial charge in [0.25, 0.3) is 0 Å². The summed E-state index contributed by atoms with van der Waals surface area (Å²) in [5.41, 5.74) is 5.91. The van der Waals surface area contributed by atoms with Crippen LogP contribution in [0, 0.1) is 0 Å². The summed E-state index contributed by atoms with van der Waals surface area (Å²) in [6.07, 6.45) is 7.37. The van der Waals surface area contributed by atoms with Gasteiger partial charge in [-0.25, -0.2) is 0 Å². The molecule has 2 unspecified atom stereocenters. The third kappa shape index (κ3) is 1.62. The first-order valence-corrected chi connectivity index (χ1v) is 4.12. The molecule has 0 amide bonds. The lowest BCUT2D eigenvalue weighted by atomic mass is 10.2. The molecule has 0 aromatic carbocycles. The van der Waals surface area contributed by atoms with E-state index in [2.05, 4.69) is 5.10 Å². The van der Waals surface area contributed by atoms with Crippen molar-refractivity contribution in [2.24, 2.45) is 5.73 Å². The quantitative estimate of drug-likeness (QED) is 0.722. The van der Waals surface area contributed by atoms with Gasteiger partial charge in [0.2, 0.25) is 0 Å². The Labute approximate surface area is 78.4 Å². The summed E-state index contributed by atoms with van der Waals surface area (Å²) in [5, 5.41) is 4.19. The van der Waals surface area contributed by atoms with Crippen molar-refractivity contribution in [2.45, 2.75) is 31.3 Å². The molecule has 12 heavy (non-hydrogen) atoms. The number of rotatable bonds is 1. The molecule has 1 aliphatic rings. The molecule has 3 nitrogen and oxygen atoms in total. The summed E-state index contributed by atoms with van der Waals surface area (Å²) in [4.78, 5) is 0. The fourth-order valence-corrected chi connectivity index (χ4v) is 1.77. The average Bonchev–Trinajstić information content (AvgIpc) is 2.55. The lowest BCUT2D eigenvalue weighted by molar-refractivity contribution is 0.422. The second-order valence-corrected chi connectivity index (χ2v) is 3.15. The Morgan fingerprint density at radius 2 is 2.25 bits per heavy atom. The van der Waals surface area contributed by atoms with Gasteiger partial charge in [-0.05, 0) is 25.3 Å². The molecule has 0 spiro atoms. The Morgan fingerprint density at radius 1 is 1.42 bits per heavy atom. The van der Waals surface area contributed by atoms with E-state index in [4.69, 9.17) is 5.73 Å². The Bertz CT molecular complexity index is 222. The molecule has 0 saturated heterocycles. The molecule has 2 rings (SSSR count). The van der Waals surface area contributed by atoms with Crippen molar-refractivity contribution >= 4 is 12.4 Å². The molecule has 2 N–H and O–H groups in total. The zero-order valence-electron chi connectivity index (χ0n) is 6.89. The summed E-state index contributed by atoms with van der Waals surface area (Å²) in [7, 11) is 0. The lowest BCUT2D eigenvalue weighted by Crippen LogP contribution is -2.27. The molecule has 68 valence electrons. The standard InChI is InChI=1S/C8H13N3.ClH/c9-7-3-1-4-8(7)11-6-2-5-10-11;/h2,5-8H,1,3-4,9H2;1H. The van der Waals surface area contributed by atoms with Crippen LogP contribution in [0.2, 0.25) is 0 Å². The van der Waals surface area contributed by atoms with Crippen LogP contribution >= 0.6 is 12.4 Å². The largest absolute Gasteiger partial charge is 0.326 e. The maximum atomic E-state index is 5.91. The van der Waals surface area contributed by atoms with Crippen LogP contribution in [0.1, 0.15) is 25.3 Å². The zero-order valence-corrected chi connectivity index (χ0v) is 7.70. The van der Waals surface area contributed by atoms with Crippen LogP contribution in [-0.4, -0.2) is 15.8 Å². The van der Waals surface area contributed by atoms with Gasteiger partial charge >= 0.3 is 0 Å². The Kier molecular flexibility index (Phi) is 3.12. The minimum Gasteiger partial charge on any atom is -0.326 e. The van der Waals surface area contributed by atoms with Gasteiger partial charge in [0.1, 0.15) is 0 Å². The molecular formula is C8H14ClN3. The van der Waals surface area contributed by atoms with Crippen molar-refractivity contribution in [3.63, 3.8) is 0 Å². The minimum absolute atomic E-state index is 0. The molecule has 2 atom stereocenters. The van der Waals surface area contributed by atoms with Crippen LogP contribution in [-0.2, 0) is 0 Å². The van der Waals surface area contributed by atoms with Crippen molar-refractivity contribution < 1.29 is 0 Å². The van der Waals surface area contributed by atoms with Crippen LogP contribution in [0.4, 0.5) is 0 Å². The molecule has 1 aromatic heterocycles. The van der Waals surface area contributed by atoms with E-state index in [1.54, 1.807) is 0 Å². The van der Waals surface area contributed by atoms with E-state index in [-0.39, 0.29) is 12.4 Å². The number of hydrogen-bond donors (Lipinski definition) is 1. The summed E-state index contributed by atoms with van der Waals surface area (Å²) >= 11 is 0. The van der Waals surface area contributed by atoms with E-state index in [9.17, 15) is 0 Å². The summed E-state index contributed by atoms with van der Waals surface area (Å²) < 4.78 is 1.98. The minimum atomic E-state index is 0. The SMILES string of the molecule is Cl.NC1CCCC1n1cccn1. The van der Waals surface area contributed by atoms with Crippen molar-refractivity contribution in [2.75, 3.05) is 0 Å². The van der Waals surface area contributed by atoms with Gasteiger partial charge in [-0.2, -0.15) is 5.10 Å². The van der Waals surface area contributed by atoms with Gasteiger partial charge in [0.05, 0.1) is 6.04 Å². The van der Waals surface area contributed by atoms with Crippen molar-refractivity contribution in [3.05, 3.63) is 18.5 Å². The zero-order chi connectivity index (χ0) is 7.68. The lowest BCUT2D eigenvalue weighted by Gasteiger charge is -2.15. The molecular weight excluding hydrogens is 174 g/mol. The van der Waals surface area contributed by atoms with E-state index >= 15 is 0 Å². The van der Waals surface area contributed by atoms with Gasteiger partial charge < -0.3 is 5.73 Å². The van der Waals surface area contributed by atoms with E-state index in [1.165, 1.54) is 12.8 Å². The van der Waals surface area contributed by atoms with Gasteiger partial charge in [0.15, 0.2) is 0 Å². The predicted molar refractivity (Wildman–Crippen MR) is 50.3 cm³/mol. The second kappa shape index (κ2) is 3.92. The van der Waals surface area contributed by atoms with Gasteiger partial charge in [-0.15, -0.1) is 12.4 Å². The Balaban J connectivity index is 0.000000720. The highest BCUT2D eigenvalue weighted by atomic mass is 35.5. The predicted octanol–water partition coefficient (Wildman–Crippen LogP) is 1.36. The van der Waals surface area contributed by atoms with Crippen molar-refractivity contribution in [1.82, 2.24) is 9.78 Å².